The maximum absolute atomic E-state index is 12.4. The van der Waals surface area contributed by atoms with Crippen molar-refractivity contribution in [2.45, 2.75) is 46.1 Å². The van der Waals surface area contributed by atoms with Crippen LogP contribution >= 0.6 is 0 Å². The van der Waals surface area contributed by atoms with Gasteiger partial charge in [0.05, 0.1) is 30.7 Å². The molecule has 26 heavy (non-hydrogen) atoms. The Morgan fingerprint density at radius 1 is 1.19 bits per heavy atom. The number of esters is 2. The van der Waals surface area contributed by atoms with Crippen molar-refractivity contribution < 1.29 is 23.9 Å². The first-order valence-electron chi connectivity index (χ1n) is 9.36. The van der Waals surface area contributed by atoms with E-state index in [2.05, 4.69) is 15.5 Å². The Labute approximate surface area is 154 Å². The van der Waals surface area contributed by atoms with Crippen molar-refractivity contribution in [3.63, 3.8) is 0 Å². The van der Waals surface area contributed by atoms with E-state index in [1.54, 1.807) is 13.8 Å². The van der Waals surface area contributed by atoms with Gasteiger partial charge in [-0.2, -0.15) is 0 Å². The van der Waals surface area contributed by atoms with E-state index in [0.717, 1.165) is 19.4 Å². The smallest absolute Gasteiger partial charge is 0.337 e. The van der Waals surface area contributed by atoms with Gasteiger partial charge in [-0.1, -0.05) is 6.92 Å². The number of urea groups is 1. The molecule has 2 N–H and O–H groups in total. The quantitative estimate of drug-likeness (QED) is 0.656. The molecule has 1 saturated heterocycles. The van der Waals surface area contributed by atoms with Crippen LogP contribution in [0.15, 0.2) is 11.3 Å². The minimum Gasteiger partial charge on any atom is -0.466 e. The lowest BCUT2D eigenvalue weighted by Gasteiger charge is -2.35. The number of likely N-dealkylation sites (tertiary alicyclic amines) is 1. The van der Waals surface area contributed by atoms with Gasteiger partial charge in [-0.15, -0.1) is 0 Å². The van der Waals surface area contributed by atoms with Gasteiger partial charge >= 0.3 is 18.0 Å². The third-order valence-electron chi connectivity index (χ3n) is 4.65. The van der Waals surface area contributed by atoms with E-state index in [1.807, 2.05) is 6.92 Å². The number of amides is 2. The zero-order valence-electron chi connectivity index (χ0n) is 15.8. The summed E-state index contributed by atoms with van der Waals surface area (Å²) in [7, 11) is 0. The van der Waals surface area contributed by atoms with Crippen LogP contribution in [0.3, 0.4) is 0 Å². The lowest BCUT2D eigenvalue weighted by molar-refractivity contribution is -0.150. The van der Waals surface area contributed by atoms with E-state index in [4.69, 9.17) is 9.47 Å². The van der Waals surface area contributed by atoms with Crippen LogP contribution in [0.5, 0.6) is 0 Å². The minimum absolute atomic E-state index is 0.172. The van der Waals surface area contributed by atoms with Crippen molar-refractivity contribution in [2.75, 3.05) is 32.8 Å². The van der Waals surface area contributed by atoms with Gasteiger partial charge in [-0.25, -0.2) is 9.59 Å². The van der Waals surface area contributed by atoms with Gasteiger partial charge in [0.2, 0.25) is 0 Å². The fraction of sp³-hybridized carbons (Fsp3) is 0.722. The number of carbonyl (C=O) groups is 3. The molecule has 2 amide bonds. The summed E-state index contributed by atoms with van der Waals surface area (Å²) in [5.74, 6) is -0.770. The average Bonchev–Trinajstić information content (AvgIpc) is 2.61. The highest BCUT2D eigenvalue weighted by atomic mass is 16.5. The Balaban J connectivity index is 2.17. The summed E-state index contributed by atoms with van der Waals surface area (Å²) < 4.78 is 10.3. The van der Waals surface area contributed by atoms with Crippen LogP contribution in [0.2, 0.25) is 0 Å². The molecule has 146 valence electrons. The van der Waals surface area contributed by atoms with Gasteiger partial charge in [0.15, 0.2) is 0 Å². The number of carbonyl (C=O) groups excluding carboxylic acids is 3. The summed E-state index contributed by atoms with van der Waals surface area (Å²) in [5.41, 5.74) is 1.02. The van der Waals surface area contributed by atoms with Crippen molar-refractivity contribution in [1.29, 1.82) is 0 Å². The Hall–Kier alpha value is -2.09. The number of piperidine rings is 1. The maximum atomic E-state index is 12.4. The molecule has 8 nitrogen and oxygen atoms in total. The van der Waals surface area contributed by atoms with Gasteiger partial charge in [0.25, 0.3) is 0 Å². The first-order chi connectivity index (χ1) is 12.5. The standard InChI is InChI=1S/C18H29N3O5/c1-4-13-15(17(23)26-6-3)14(20-18(24)19-13)11-21-9-7-8-12(10-21)16(22)25-5-2/h12-13H,4-11H2,1-3H3,(H2,19,20,24)/t12-,13+/m1/s1. The molecule has 8 heteroatoms. The van der Waals surface area contributed by atoms with Crippen LogP contribution in [-0.2, 0) is 19.1 Å². The molecule has 0 spiro atoms. The van der Waals surface area contributed by atoms with Gasteiger partial charge in [0, 0.05) is 18.8 Å². The zero-order chi connectivity index (χ0) is 19.1. The van der Waals surface area contributed by atoms with Crippen molar-refractivity contribution in [3.05, 3.63) is 11.3 Å². The van der Waals surface area contributed by atoms with Gasteiger partial charge in [-0.3, -0.25) is 9.69 Å². The molecule has 0 aromatic carbocycles. The maximum Gasteiger partial charge on any atom is 0.337 e. The summed E-state index contributed by atoms with van der Waals surface area (Å²) in [4.78, 5) is 38.5. The van der Waals surface area contributed by atoms with Crippen LogP contribution in [0.25, 0.3) is 0 Å². The number of ether oxygens (including phenoxy) is 2. The average molecular weight is 367 g/mol. The molecule has 0 aromatic rings. The molecule has 0 aliphatic carbocycles. The molecule has 2 aliphatic rings. The lowest BCUT2D eigenvalue weighted by Crippen LogP contribution is -2.53. The SMILES string of the molecule is CCOC(=O)C1=C(CN2CCC[C@@H](C(=O)OCC)C2)NC(=O)N[C@H]1CC. The van der Waals surface area contributed by atoms with Crippen LogP contribution < -0.4 is 10.6 Å². The normalized spacial score (nSPS) is 23.9. The van der Waals surface area contributed by atoms with Gasteiger partial charge in [-0.05, 0) is 39.7 Å². The van der Waals surface area contributed by atoms with Crippen molar-refractivity contribution in [2.24, 2.45) is 5.92 Å². The molecule has 0 saturated carbocycles. The lowest BCUT2D eigenvalue weighted by atomic mass is 9.96. The number of hydrogen-bond donors (Lipinski definition) is 2. The van der Waals surface area contributed by atoms with Crippen molar-refractivity contribution in [3.8, 4) is 0 Å². The summed E-state index contributed by atoms with van der Waals surface area (Å²) in [6.07, 6.45) is 2.26. The third kappa shape index (κ3) is 4.97. The van der Waals surface area contributed by atoms with Gasteiger partial charge < -0.3 is 20.1 Å². The second kappa shape index (κ2) is 9.56. The second-order valence-electron chi connectivity index (χ2n) is 6.50. The highest BCUT2D eigenvalue weighted by molar-refractivity contribution is 5.94. The third-order valence-corrected chi connectivity index (χ3v) is 4.65. The van der Waals surface area contributed by atoms with E-state index in [9.17, 15) is 14.4 Å². The molecule has 0 aromatic heterocycles. The zero-order valence-corrected chi connectivity index (χ0v) is 15.8. The highest BCUT2D eigenvalue weighted by Gasteiger charge is 2.34. The summed E-state index contributed by atoms with van der Waals surface area (Å²) in [6.45, 7) is 7.85. The summed E-state index contributed by atoms with van der Waals surface area (Å²) in [6, 6.07) is -0.692. The molecule has 2 heterocycles. The van der Waals surface area contributed by atoms with E-state index in [1.165, 1.54) is 0 Å². The van der Waals surface area contributed by atoms with Crippen LogP contribution in [0.4, 0.5) is 4.79 Å². The molecule has 1 fully saturated rings. The number of hydrogen-bond acceptors (Lipinski definition) is 6. The molecule has 2 atom stereocenters. The topological polar surface area (TPSA) is 97.0 Å². The van der Waals surface area contributed by atoms with Crippen LogP contribution in [0, 0.1) is 5.92 Å². The van der Waals surface area contributed by atoms with E-state index < -0.39 is 5.97 Å². The largest absolute Gasteiger partial charge is 0.466 e. The predicted molar refractivity (Wildman–Crippen MR) is 95.2 cm³/mol. The molecule has 0 bridgehead atoms. The Morgan fingerprint density at radius 3 is 2.58 bits per heavy atom. The van der Waals surface area contributed by atoms with Crippen molar-refractivity contribution in [1.82, 2.24) is 15.5 Å². The summed E-state index contributed by atoms with van der Waals surface area (Å²) >= 11 is 0. The minimum atomic E-state index is -0.416. The first-order valence-corrected chi connectivity index (χ1v) is 9.36. The fourth-order valence-corrected chi connectivity index (χ4v) is 3.46. The first kappa shape index (κ1) is 20.2. The van der Waals surface area contributed by atoms with E-state index >= 15 is 0 Å². The molecular formula is C18H29N3O5. The molecule has 0 unspecified atom stereocenters. The fourth-order valence-electron chi connectivity index (χ4n) is 3.46. The monoisotopic (exact) mass is 367 g/mol. The van der Waals surface area contributed by atoms with E-state index in [0.29, 0.717) is 37.4 Å². The van der Waals surface area contributed by atoms with Crippen molar-refractivity contribution >= 4 is 18.0 Å². The molecule has 2 rings (SSSR count). The van der Waals surface area contributed by atoms with Crippen LogP contribution in [0.1, 0.15) is 40.0 Å². The number of rotatable bonds is 7. The predicted octanol–water partition coefficient (Wildman–Crippen LogP) is 1.17. The Morgan fingerprint density at radius 2 is 1.92 bits per heavy atom. The number of nitrogens with zero attached hydrogens (tertiary/aromatic N) is 1. The van der Waals surface area contributed by atoms with Crippen LogP contribution in [-0.4, -0.2) is 61.8 Å². The Kier molecular flexibility index (Phi) is 7.44. The second-order valence-corrected chi connectivity index (χ2v) is 6.50. The highest BCUT2D eigenvalue weighted by Crippen LogP contribution is 2.22. The van der Waals surface area contributed by atoms with Gasteiger partial charge in [0.1, 0.15) is 0 Å². The number of nitrogens with one attached hydrogen (secondary N) is 2. The Bertz CT molecular complexity index is 575. The summed E-state index contributed by atoms with van der Waals surface area (Å²) in [5, 5.41) is 5.52. The van der Waals surface area contributed by atoms with E-state index in [-0.39, 0.29) is 30.6 Å². The molecule has 0 radical (unpaired) electrons. The molecule has 2 aliphatic heterocycles. The molecular weight excluding hydrogens is 338 g/mol.